The molecular formula is C12H18ClN3O. The van der Waals surface area contributed by atoms with Gasteiger partial charge in [0.1, 0.15) is 17.3 Å². The zero-order valence-electron chi connectivity index (χ0n) is 10.2. The van der Waals surface area contributed by atoms with Gasteiger partial charge in [0, 0.05) is 24.6 Å². The van der Waals surface area contributed by atoms with E-state index in [1.807, 2.05) is 0 Å². The SMILES string of the molecule is CCc1c(Cl)ncnc1NCC1CCOC1C. The van der Waals surface area contributed by atoms with Crippen LogP contribution in [0.5, 0.6) is 0 Å². The van der Waals surface area contributed by atoms with Crippen LogP contribution in [0, 0.1) is 5.92 Å². The molecule has 1 saturated heterocycles. The number of halogens is 1. The second-order valence-electron chi connectivity index (χ2n) is 4.35. The number of rotatable bonds is 4. The maximum atomic E-state index is 6.04. The van der Waals surface area contributed by atoms with E-state index in [2.05, 4.69) is 29.1 Å². The number of anilines is 1. The maximum absolute atomic E-state index is 6.04. The van der Waals surface area contributed by atoms with Crippen LogP contribution in [0.1, 0.15) is 25.8 Å². The third-order valence-electron chi connectivity index (χ3n) is 3.31. The van der Waals surface area contributed by atoms with Crippen molar-refractivity contribution < 1.29 is 4.74 Å². The Kier molecular flexibility index (Phi) is 4.18. The normalized spacial score (nSPS) is 23.9. The van der Waals surface area contributed by atoms with Gasteiger partial charge in [-0.05, 0) is 19.8 Å². The van der Waals surface area contributed by atoms with Crippen LogP contribution in [-0.4, -0.2) is 29.2 Å². The van der Waals surface area contributed by atoms with E-state index in [-0.39, 0.29) is 0 Å². The molecule has 2 rings (SSSR count). The first kappa shape index (κ1) is 12.6. The minimum atomic E-state index is 0.324. The van der Waals surface area contributed by atoms with Crippen LogP contribution in [0.25, 0.3) is 0 Å². The fraction of sp³-hybridized carbons (Fsp3) is 0.667. The van der Waals surface area contributed by atoms with Crippen molar-refractivity contribution in [3.63, 3.8) is 0 Å². The summed E-state index contributed by atoms with van der Waals surface area (Å²) in [4.78, 5) is 8.24. The Morgan fingerprint density at radius 3 is 3.00 bits per heavy atom. The van der Waals surface area contributed by atoms with Crippen LogP contribution in [0.4, 0.5) is 5.82 Å². The molecule has 0 spiro atoms. The van der Waals surface area contributed by atoms with Crippen molar-refractivity contribution in [2.45, 2.75) is 32.8 Å². The lowest BCUT2D eigenvalue weighted by atomic mass is 10.0. The van der Waals surface area contributed by atoms with E-state index < -0.39 is 0 Å². The number of hydrogen-bond acceptors (Lipinski definition) is 4. The zero-order chi connectivity index (χ0) is 12.3. The van der Waals surface area contributed by atoms with E-state index >= 15 is 0 Å². The summed E-state index contributed by atoms with van der Waals surface area (Å²) in [6, 6.07) is 0. The molecule has 2 atom stereocenters. The highest BCUT2D eigenvalue weighted by molar-refractivity contribution is 6.30. The molecule has 94 valence electrons. The Hall–Kier alpha value is -0.870. The molecule has 0 saturated carbocycles. The van der Waals surface area contributed by atoms with E-state index in [4.69, 9.17) is 16.3 Å². The number of ether oxygens (including phenoxy) is 1. The van der Waals surface area contributed by atoms with Crippen molar-refractivity contribution >= 4 is 17.4 Å². The number of hydrogen-bond donors (Lipinski definition) is 1. The standard InChI is InChI=1S/C12H18ClN3O/c1-3-10-11(13)15-7-16-12(10)14-6-9-4-5-17-8(9)2/h7-9H,3-6H2,1-2H3,(H,14,15,16). The van der Waals surface area contributed by atoms with Gasteiger partial charge < -0.3 is 10.1 Å². The first-order valence-electron chi connectivity index (χ1n) is 6.07. The Balaban J connectivity index is 2.01. The van der Waals surface area contributed by atoms with E-state index in [9.17, 15) is 0 Å². The predicted molar refractivity (Wildman–Crippen MR) is 68.4 cm³/mol. The molecule has 1 fully saturated rings. The summed E-state index contributed by atoms with van der Waals surface area (Å²) >= 11 is 6.04. The molecule has 17 heavy (non-hydrogen) atoms. The van der Waals surface area contributed by atoms with Crippen molar-refractivity contribution in [2.24, 2.45) is 5.92 Å². The molecule has 2 heterocycles. The van der Waals surface area contributed by atoms with Gasteiger partial charge in [-0.25, -0.2) is 9.97 Å². The Morgan fingerprint density at radius 2 is 2.35 bits per heavy atom. The quantitative estimate of drug-likeness (QED) is 0.840. The molecule has 1 aliphatic rings. The lowest BCUT2D eigenvalue weighted by molar-refractivity contribution is 0.108. The molecule has 0 aliphatic carbocycles. The van der Waals surface area contributed by atoms with Gasteiger partial charge in [0.25, 0.3) is 0 Å². The van der Waals surface area contributed by atoms with Gasteiger partial charge in [-0.3, -0.25) is 0 Å². The van der Waals surface area contributed by atoms with Gasteiger partial charge in [0.2, 0.25) is 0 Å². The highest BCUT2D eigenvalue weighted by atomic mass is 35.5. The summed E-state index contributed by atoms with van der Waals surface area (Å²) in [5, 5.41) is 3.90. The maximum Gasteiger partial charge on any atom is 0.137 e. The molecule has 1 N–H and O–H groups in total. The van der Waals surface area contributed by atoms with Gasteiger partial charge >= 0.3 is 0 Å². The monoisotopic (exact) mass is 255 g/mol. The number of nitrogens with zero attached hydrogens (tertiary/aromatic N) is 2. The highest BCUT2D eigenvalue weighted by Crippen LogP contribution is 2.23. The smallest absolute Gasteiger partial charge is 0.137 e. The van der Waals surface area contributed by atoms with E-state index in [0.29, 0.717) is 17.2 Å². The van der Waals surface area contributed by atoms with E-state index in [1.165, 1.54) is 6.33 Å². The highest BCUT2D eigenvalue weighted by Gasteiger charge is 2.24. The first-order chi connectivity index (χ1) is 8.22. The summed E-state index contributed by atoms with van der Waals surface area (Å²) < 4.78 is 5.54. The second kappa shape index (κ2) is 5.65. The minimum Gasteiger partial charge on any atom is -0.378 e. The Morgan fingerprint density at radius 1 is 1.53 bits per heavy atom. The summed E-state index contributed by atoms with van der Waals surface area (Å²) in [5.74, 6) is 1.40. The fourth-order valence-electron chi connectivity index (χ4n) is 2.13. The molecule has 2 unspecified atom stereocenters. The molecule has 4 nitrogen and oxygen atoms in total. The summed E-state index contributed by atoms with van der Waals surface area (Å²) in [6.07, 6.45) is 3.76. The van der Waals surface area contributed by atoms with Crippen molar-refractivity contribution in [2.75, 3.05) is 18.5 Å². The van der Waals surface area contributed by atoms with E-state index in [1.54, 1.807) is 0 Å². The topological polar surface area (TPSA) is 47.0 Å². The van der Waals surface area contributed by atoms with Crippen LogP contribution < -0.4 is 5.32 Å². The number of nitrogens with one attached hydrogen (secondary N) is 1. The lowest BCUT2D eigenvalue weighted by Crippen LogP contribution is -2.21. The first-order valence-corrected chi connectivity index (χ1v) is 6.45. The van der Waals surface area contributed by atoms with Crippen LogP contribution in [-0.2, 0) is 11.2 Å². The fourth-order valence-corrected chi connectivity index (χ4v) is 2.40. The predicted octanol–water partition coefficient (Wildman–Crippen LogP) is 2.53. The average molecular weight is 256 g/mol. The molecule has 1 aliphatic heterocycles. The zero-order valence-corrected chi connectivity index (χ0v) is 11.0. The molecule has 0 amide bonds. The third kappa shape index (κ3) is 2.87. The summed E-state index contributed by atoms with van der Waals surface area (Å²) in [5.41, 5.74) is 0.987. The third-order valence-corrected chi connectivity index (χ3v) is 3.64. The minimum absolute atomic E-state index is 0.324. The van der Waals surface area contributed by atoms with Gasteiger partial charge in [-0.2, -0.15) is 0 Å². The van der Waals surface area contributed by atoms with Crippen LogP contribution in [0.2, 0.25) is 5.15 Å². The van der Waals surface area contributed by atoms with Crippen molar-refractivity contribution in [3.8, 4) is 0 Å². The molecule has 5 heteroatoms. The van der Waals surface area contributed by atoms with Crippen LogP contribution in [0.3, 0.4) is 0 Å². The van der Waals surface area contributed by atoms with Crippen molar-refractivity contribution in [1.29, 1.82) is 0 Å². The van der Waals surface area contributed by atoms with Gasteiger partial charge in [0.05, 0.1) is 6.10 Å². The van der Waals surface area contributed by atoms with Gasteiger partial charge in [0.15, 0.2) is 0 Å². The molecule has 1 aromatic heterocycles. The van der Waals surface area contributed by atoms with Crippen LogP contribution in [0.15, 0.2) is 6.33 Å². The van der Waals surface area contributed by atoms with Crippen LogP contribution >= 0.6 is 11.6 Å². The molecular weight excluding hydrogens is 238 g/mol. The number of aromatic nitrogens is 2. The molecule has 0 radical (unpaired) electrons. The Labute approximate surface area is 107 Å². The van der Waals surface area contributed by atoms with Crippen molar-refractivity contribution in [1.82, 2.24) is 9.97 Å². The molecule has 1 aromatic rings. The average Bonchev–Trinajstić information content (AvgIpc) is 2.72. The van der Waals surface area contributed by atoms with Gasteiger partial charge in [-0.15, -0.1) is 0 Å². The lowest BCUT2D eigenvalue weighted by Gasteiger charge is -2.16. The largest absolute Gasteiger partial charge is 0.378 e. The second-order valence-corrected chi connectivity index (χ2v) is 4.71. The molecule has 0 aromatic carbocycles. The van der Waals surface area contributed by atoms with Crippen molar-refractivity contribution in [3.05, 3.63) is 17.0 Å². The summed E-state index contributed by atoms with van der Waals surface area (Å²) in [7, 11) is 0. The summed E-state index contributed by atoms with van der Waals surface area (Å²) in [6.45, 7) is 5.91. The van der Waals surface area contributed by atoms with E-state index in [0.717, 1.165) is 37.4 Å². The van der Waals surface area contributed by atoms with Gasteiger partial charge in [-0.1, -0.05) is 18.5 Å². The molecule has 0 bridgehead atoms. The Bertz CT molecular complexity index is 386.